The molecule has 0 saturated carbocycles. The number of fused-ring (bicyclic) bond motifs is 1. The maximum atomic E-state index is 13.3. The summed E-state index contributed by atoms with van der Waals surface area (Å²) in [5.41, 5.74) is 4.64. The summed E-state index contributed by atoms with van der Waals surface area (Å²) in [5.74, 6) is 5.29. The minimum atomic E-state index is -0.436. The van der Waals surface area contributed by atoms with Crippen LogP contribution in [-0.2, 0) is 0 Å². The van der Waals surface area contributed by atoms with Crippen LogP contribution >= 0.6 is 11.6 Å². The molecular formula is C17H14ClFN2. The first-order valence-corrected chi connectivity index (χ1v) is 6.97. The quantitative estimate of drug-likeness (QED) is 0.562. The maximum absolute atomic E-state index is 13.3. The molecule has 21 heavy (non-hydrogen) atoms. The Kier molecular flexibility index (Phi) is 3.88. The number of nitrogens with two attached hydrogens (primary N) is 1. The molecule has 3 N–H and O–H groups in total. The van der Waals surface area contributed by atoms with E-state index in [9.17, 15) is 4.39 Å². The normalized spacial score (nSPS) is 12.5. The number of benzene rings is 3. The van der Waals surface area contributed by atoms with Crippen LogP contribution in [0.1, 0.15) is 17.2 Å². The van der Waals surface area contributed by atoms with Crippen molar-refractivity contribution < 1.29 is 4.39 Å². The van der Waals surface area contributed by atoms with Crippen LogP contribution in [0, 0.1) is 5.82 Å². The first-order chi connectivity index (χ1) is 10.2. The number of hydrazine groups is 1. The number of nitrogens with one attached hydrogen (secondary N) is 1. The molecule has 0 aliphatic rings. The van der Waals surface area contributed by atoms with E-state index in [1.807, 2.05) is 42.5 Å². The molecule has 2 nitrogen and oxygen atoms in total. The van der Waals surface area contributed by atoms with Gasteiger partial charge in [0.1, 0.15) is 5.82 Å². The Morgan fingerprint density at radius 1 is 1.00 bits per heavy atom. The number of hydrogen-bond acceptors (Lipinski definition) is 2. The van der Waals surface area contributed by atoms with Crippen molar-refractivity contribution >= 4 is 22.4 Å². The molecule has 0 spiro atoms. The van der Waals surface area contributed by atoms with Crippen LogP contribution < -0.4 is 11.3 Å². The fourth-order valence-corrected chi connectivity index (χ4v) is 2.75. The summed E-state index contributed by atoms with van der Waals surface area (Å²) in [6.07, 6.45) is 0. The molecule has 0 amide bonds. The summed E-state index contributed by atoms with van der Waals surface area (Å²) in [7, 11) is 0. The third kappa shape index (κ3) is 2.63. The molecule has 0 aliphatic carbocycles. The van der Waals surface area contributed by atoms with Crippen molar-refractivity contribution in [2.45, 2.75) is 6.04 Å². The summed E-state index contributed by atoms with van der Waals surface area (Å²) in [4.78, 5) is 0. The molecule has 0 bridgehead atoms. The molecule has 4 heteroatoms. The van der Waals surface area contributed by atoms with Gasteiger partial charge in [-0.05, 0) is 34.0 Å². The van der Waals surface area contributed by atoms with Gasteiger partial charge in [0.15, 0.2) is 0 Å². The van der Waals surface area contributed by atoms with Gasteiger partial charge < -0.3 is 0 Å². The van der Waals surface area contributed by atoms with Crippen molar-refractivity contribution in [3.05, 3.63) is 82.6 Å². The molecule has 0 radical (unpaired) electrons. The third-order valence-electron chi connectivity index (χ3n) is 3.58. The molecule has 1 atom stereocenters. The average Bonchev–Trinajstić information content (AvgIpc) is 2.52. The largest absolute Gasteiger partial charge is 0.271 e. The van der Waals surface area contributed by atoms with E-state index in [0.29, 0.717) is 0 Å². The Morgan fingerprint density at radius 3 is 2.52 bits per heavy atom. The van der Waals surface area contributed by atoms with Gasteiger partial charge in [0, 0.05) is 0 Å². The number of rotatable bonds is 3. The van der Waals surface area contributed by atoms with Crippen molar-refractivity contribution in [2.75, 3.05) is 0 Å². The number of hydrogen-bond donors (Lipinski definition) is 2. The molecule has 106 valence electrons. The van der Waals surface area contributed by atoms with Gasteiger partial charge >= 0.3 is 0 Å². The lowest BCUT2D eigenvalue weighted by Gasteiger charge is -2.19. The van der Waals surface area contributed by atoms with Gasteiger partial charge in [0.2, 0.25) is 0 Å². The molecule has 1 unspecified atom stereocenters. The smallest absolute Gasteiger partial charge is 0.141 e. The predicted octanol–water partition coefficient (Wildman–Crippen LogP) is 4.19. The van der Waals surface area contributed by atoms with E-state index < -0.39 is 5.82 Å². The van der Waals surface area contributed by atoms with Crippen molar-refractivity contribution in [1.82, 2.24) is 5.43 Å². The Labute approximate surface area is 127 Å². The standard InChI is InChI=1S/C17H14ClFN2/c18-15-10-12(8-9-16(15)19)17(21-20)14-7-3-5-11-4-1-2-6-13(11)14/h1-10,17,21H,20H2. The van der Waals surface area contributed by atoms with Crippen LogP contribution in [-0.4, -0.2) is 0 Å². The summed E-state index contributed by atoms with van der Waals surface area (Å²) in [6, 6.07) is 18.5. The minimum Gasteiger partial charge on any atom is -0.271 e. The van der Waals surface area contributed by atoms with Gasteiger partial charge in [0.25, 0.3) is 0 Å². The third-order valence-corrected chi connectivity index (χ3v) is 3.87. The summed E-state index contributed by atoms with van der Waals surface area (Å²) >= 11 is 5.88. The Balaban J connectivity index is 2.16. The molecule has 3 aromatic carbocycles. The summed E-state index contributed by atoms with van der Waals surface area (Å²) in [5, 5.41) is 2.32. The van der Waals surface area contributed by atoms with E-state index >= 15 is 0 Å². The van der Waals surface area contributed by atoms with E-state index in [1.54, 1.807) is 12.1 Å². The van der Waals surface area contributed by atoms with Crippen LogP contribution in [0.15, 0.2) is 60.7 Å². The van der Waals surface area contributed by atoms with Crippen molar-refractivity contribution in [1.29, 1.82) is 0 Å². The fraction of sp³-hybridized carbons (Fsp3) is 0.0588. The van der Waals surface area contributed by atoms with Crippen molar-refractivity contribution in [2.24, 2.45) is 5.84 Å². The molecule has 0 fully saturated rings. The second-order valence-corrected chi connectivity index (χ2v) is 5.25. The van der Waals surface area contributed by atoms with Gasteiger partial charge in [-0.15, -0.1) is 0 Å². The second-order valence-electron chi connectivity index (χ2n) is 4.84. The second kappa shape index (κ2) is 5.82. The highest BCUT2D eigenvalue weighted by Gasteiger charge is 2.16. The molecule has 0 heterocycles. The minimum absolute atomic E-state index is 0.0907. The van der Waals surface area contributed by atoms with E-state index in [1.165, 1.54) is 6.07 Å². The van der Waals surface area contributed by atoms with Gasteiger partial charge in [0.05, 0.1) is 11.1 Å². The molecule has 3 aromatic rings. The van der Waals surface area contributed by atoms with Crippen LogP contribution in [0.4, 0.5) is 4.39 Å². The van der Waals surface area contributed by atoms with E-state index in [4.69, 9.17) is 17.4 Å². The SMILES string of the molecule is NNC(c1ccc(F)c(Cl)c1)c1cccc2ccccc12. The van der Waals surface area contributed by atoms with Crippen molar-refractivity contribution in [3.63, 3.8) is 0 Å². The molecule has 0 aliphatic heterocycles. The predicted molar refractivity (Wildman–Crippen MR) is 84.5 cm³/mol. The van der Waals surface area contributed by atoms with Crippen LogP contribution in [0.2, 0.25) is 5.02 Å². The number of halogens is 2. The van der Waals surface area contributed by atoms with Crippen LogP contribution in [0.3, 0.4) is 0 Å². The zero-order chi connectivity index (χ0) is 14.8. The van der Waals surface area contributed by atoms with Crippen LogP contribution in [0.25, 0.3) is 10.8 Å². The van der Waals surface area contributed by atoms with Gasteiger partial charge in [-0.25, -0.2) is 9.82 Å². The van der Waals surface area contributed by atoms with Gasteiger partial charge in [-0.3, -0.25) is 5.84 Å². The summed E-state index contributed by atoms with van der Waals surface area (Å²) in [6.45, 7) is 0. The molecular weight excluding hydrogens is 287 g/mol. The summed E-state index contributed by atoms with van der Waals surface area (Å²) < 4.78 is 13.3. The Morgan fingerprint density at radius 2 is 1.76 bits per heavy atom. The van der Waals surface area contributed by atoms with E-state index in [0.717, 1.165) is 21.9 Å². The average molecular weight is 301 g/mol. The zero-order valence-electron chi connectivity index (χ0n) is 11.2. The lowest BCUT2D eigenvalue weighted by atomic mass is 9.94. The van der Waals surface area contributed by atoms with Crippen molar-refractivity contribution in [3.8, 4) is 0 Å². The van der Waals surface area contributed by atoms with E-state index in [2.05, 4.69) is 5.43 Å². The molecule has 0 saturated heterocycles. The van der Waals surface area contributed by atoms with Gasteiger partial charge in [-0.2, -0.15) is 0 Å². The monoisotopic (exact) mass is 300 g/mol. The molecule has 0 aromatic heterocycles. The zero-order valence-corrected chi connectivity index (χ0v) is 11.9. The highest BCUT2D eigenvalue weighted by atomic mass is 35.5. The molecule has 3 rings (SSSR count). The Bertz CT molecular complexity index is 783. The fourth-order valence-electron chi connectivity index (χ4n) is 2.56. The topological polar surface area (TPSA) is 38.0 Å². The lowest BCUT2D eigenvalue weighted by molar-refractivity contribution is 0.617. The van der Waals surface area contributed by atoms with Gasteiger partial charge in [-0.1, -0.05) is 60.1 Å². The first-order valence-electron chi connectivity index (χ1n) is 6.59. The maximum Gasteiger partial charge on any atom is 0.141 e. The van der Waals surface area contributed by atoms with E-state index in [-0.39, 0.29) is 11.1 Å². The highest BCUT2D eigenvalue weighted by Crippen LogP contribution is 2.30. The van der Waals surface area contributed by atoms with Crippen LogP contribution in [0.5, 0.6) is 0 Å². The lowest BCUT2D eigenvalue weighted by Crippen LogP contribution is -2.29. The first kappa shape index (κ1) is 14.0. The Hall–Kier alpha value is -1.94. The highest BCUT2D eigenvalue weighted by molar-refractivity contribution is 6.30.